The van der Waals surface area contributed by atoms with E-state index >= 15 is 0 Å². The molecule has 1 N–H and O–H groups in total. The van der Waals surface area contributed by atoms with Gasteiger partial charge in [0.1, 0.15) is 23.6 Å². The highest BCUT2D eigenvalue weighted by Gasteiger charge is 2.17. The lowest BCUT2D eigenvalue weighted by Gasteiger charge is -2.18. The number of carbonyl (C=O) groups is 1. The molecule has 0 radical (unpaired) electrons. The second-order valence-corrected chi connectivity index (χ2v) is 5.05. The number of aromatic carboxylic acids is 1. The fraction of sp³-hybridized carbons (Fsp3) is 0.467. The summed E-state index contributed by atoms with van der Waals surface area (Å²) in [6.45, 7) is 7.00. The first-order chi connectivity index (χ1) is 9.67. The van der Waals surface area contributed by atoms with Gasteiger partial charge in [-0.1, -0.05) is 19.9 Å². The maximum atomic E-state index is 11.3. The molecule has 0 aliphatic carbocycles. The Morgan fingerprint density at radius 2 is 2.00 bits per heavy atom. The van der Waals surface area contributed by atoms with Gasteiger partial charge in [0.05, 0.1) is 19.1 Å². The molecule has 5 heteroatoms. The molecule has 0 aliphatic rings. The smallest absolute Gasteiger partial charge is 0.137 e. The van der Waals surface area contributed by atoms with Crippen LogP contribution in [0.25, 0.3) is 5.65 Å². The number of imidazole rings is 1. The van der Waals surface area contributed by atoms with Gasteiger partial charge in [-0.3, -0.25) is 4.40 Å². The van der Waals surface area contributed by atoms with Gasteiger partial charge in [0.25, 0.3) is 0 Å². The van der Waals surface area contributed by atoms with Gasteiger partial charge in [-0.25, -0.2) is 4.98 Å². The lowest BCUT2D eigenvalue weighted by molar-refractivity contribution is -0.914. The number of pyridine rings is 1. The van der Waals surface area contributed by atoms with Crippen LogP contribution in [0.4, 0.5) is 0 Å². The molecule has 20 heavy (non-hydrogen) atoms. The first-order valence-electron chi connectivity index (χ1n) is 7.18. The SMILES string of the molecule is CCC[NH+](CCC)Cc1c(C(=O)[O-])nc2ccccn12. The molecule has 2 aromatic rings. The van der Waals surface area contributed by atoms with Crippen LogP contribution in [0.15, 0.2) is 24.4 Å². The fourth-order valence-electron chi connectivity index (χ4n) is 2.62. The van der Waals surface area contributed by atoms with E-state index in [1.54, 1.807) is 0 Å². The minimum atomic E-state index is -1.20. The molecule has 0 saturated carbocycles. The predicted octanol–water partition coefficient (Wildman–Crippen LogP) is -0.0973. The van der Waals surface area contributed by atoms with Gasteiger partial charge in [-0.05, 0) is 25.0 Å². The number of carboxylic acid groups (broad SMARTS) is 1. The van der Waals surface area contributed by atoms with Crippen molar-refractivity contribution in [1.82, 2.24) is 9.38 Å². The zero-order chi connectivity index (χ0) is 14.5. The lowest BCUT2D eigenvalue weighted by Crippen LogP contribution is -3.10. The van der Waals surface area contributed by atoms with E-state index in [2.05, 4.69) is 18.8 Å². The van der Waals surface area contributed by atoms with E-state index in [1.165, 1.54) is 4.90 Å². The van der Waals surface area contributed by atoms with Crippen LogP contribution in [0.2, 0.25) is 0 Å². The average molecular weight is 275 g/mol. The van der Waals surface area contributed by atoms with E-state index in [0.717, 1.165) is 31.6 Å². The highest BCUT2D eigenvalue weighted by molar-refractivity contribution is 5.86. The van der Waals surface area contributed by atoms with Crippen LogP contribution in [0, 0.1) is 0 Å². The van der Waals surface area contributed by atoms with Crippen LogP contribution < -0.4 is 10.0 Å². The number of nitrogens with one attached hydrogen (secondary N) is 1. The molecular weight excluding hydrogens is 254 g/mol. The normalized spacial score (nSPS) is 11.3. The zero-order valence-corrected chi connectivity index (χ0v) is 12.1. The number of carbonyl (C=O) groups excluding carboxylic acids is 1. The Hall–Kier alpha value is -1.88. The standard InChI is InChI=1S/C15H21N3O2/c1-3-8-17(9-4-2)11-12-14(15(19)20)16-13-7-5-6-10-18(12)13/h5-7,10H,3-4,8-9,11H2,1-2H3,(H,19,20). The zero-order valence-electron chi connectivity index (χ0n) is 12.1. The number of quaternary nitrogens is 1. The van der Waals surface area contributed by atoms with E-state index in [9.17, 15) is 9.90 Å². The molecule has 0 bridgehead atoms. The molecule has 0 aliphatic heterocycles. The molecule has 0 saturated heterocycles. The third kappa shape index (κ3) is 2.99. The van der Waals surface area contributed by atoms with E-state index in [1.807, 2.05) is 28.8 Å². The van der Waals surface area contributed by atoms with Gasteiger partial charge in [-0.2, -0.15) is 0 Å². The number of fused-ring (bicyclic) bond motifs is 1. The Balaban J connectivity index is 2.39. The summed E-state index contributed by atoms with van der Waals surface area (Å²) in [6.07, 6.45) is 4.01. The highest BCUT2D eigenvalue weighted by Crippen LogP contribution is 2.11. The van der Waals surface area contributed by atoms with Crippen molar-refractivity contribution < 1.29 is 14.8 Å². The minimum Gasteiger partial charge on any atom is -0.543 e. The topological polar surface area (TPSA) is 61.9 Å². The number of hydrogen-bond donors (Lipinski definition) is 1. The number of aromatic nitrogens is 2. The maximum absolute atomic E-state index is 11.3. The van der Waals surface area contributed by atoms with Crippen molar-refractivity contribution in [3.63, 3.8) is 0 Å². The molecule has 0 unspecified atom stereocenters. The molecule has 0 spiro atoms. The molecule has 5 nitrogen and oxygen atoms in total. The van der Waals surface area contributed by atoms with Crippen molar-refractivity contribution in [3.05, 3.63) is 35.8 Å². The van der Waals surface area contributed by atoms with Crippen molar-refractivity contribution in [2.24, 2.45) is 0 Å². The Bertz CT molecular complexity index is 586. The Labute approximate surface area is 118 Å². The summed E-state index contributed by atoms with van der Waals surface area (Å²) in [6, 6.07) is 5.56. The maximum Gasteiger partial charge on any atom is 0.137 e. The molecule has 2 aromatic heterocycles. The minimum absolute atomic E-state index is 0.0703. The molecule has 0 aromatic carbocycles. The van der Waals surface area contributed by atoms with Crippen molar-refractivity contribution >= 4 is 11.6 Å². The van der Waals surface area contributed by atoms with Crippen molar-refractivity contribution in [2.45, 2.75) is 33.2 Å². The predicted molar refractivity (Wildman–Crippen MR) is 74.5 cm³/mol. The first-order valence-corrected chi connectivity index (χ1v) is 7.18. The second kappa shape index (κ2) is 6.52. The third-order valence-corrected chi connectivity index (χ3v) is 3.45. The van der Waals surface area contributed by atoms with E-state index in [4.69, 9.17) is 0 Å². The van der Waals surface area contributed by atoms with Gasteiger partial charge >= 0.3 is 0 Å². The Morgan fingerprint density at radius 1 is 1.30 bits per heavy atom. The number of hydrogen-bond acceptors (Lipinski definition) is 3. The number of carboxylic acids is 1. The van der Waals surface area contributed by atoms with Crippen molar-refractivity contribution in [1.29, 1.82) is 0 Å². The second-order valence-electron chi connectivity index (χ2n) is 5.05. The summed E-state index contributed by atoms with van der Waals surface area (Å²) < 4.78 is 1.86. The van der Waals surface area contributed by atoms with Crippen molar-refractivity contribution in [2.75, 3.05) is 13.1 Å². The van der Waals surface area contributed by atoms with Gasteiger partial charge < -0.3 is 14.8 Å². The van der Waals surface area contributed by atoms with Gasteiger partial charge in [-0.15, -0.1) is 0 Å². The molecule has 2 rings (SSSR count). The van der Waals surface area contributed by atoms with Crippen LogP contribution in [-0.2, 0) is 6.54 Å². The Morgan fingerprint density at radius 3 is 2.60 bits per heavy atom. The summed E-state index contributed by atoms with van der Waals surface area (Å²) in [7, 11) is 0. The van der Waals surface area contributed by atoms with E-state index < -0.39 is 5.97 Å². The van der Waals surface area contributed by atoms with E-state index in [-0.39, 0.29) is 5.69 Å². The third-order valence-electron chi connectivity index (χ3n) is 3.45. The van der Waals surface area contributed by atoms with E-state index in [0.29, 0.717) is 12.2 Å². The quantitative estimate of drug-likeness (QED) is 0.768. The largest absolute Gasteiger partial charge is 0.543 e. The molecule has 0 amide bonds. The Kier molecular flexibility index (Phi) is 4.74. The first kappa shape index (κ1) is 14.5. The molecule has 0 fully saturated rings. The summed E-state index contributed by atoms with van der Waals surface area (Å²) in [5, 5.41) is 11.3. The number of nitrogens with zero attached hydrogens (tertiary/aromatic N) is 2. The molecule has 108 valence electrons. The van der Waals surface area contributed by atoms with Crippen LogP contribution in [0.5, 0.6) is 0 Å². The monoisotopic (exact) mass is 275 g/mol. The van der Waals surface area contributed by atoms with Crippen LogP contribution >= 0.6 is 0 Å². The van der Waals surface area contributed by atoms with Gasteiger partial charge in [0.15, 0.2) is 0 Å². The average Bonchev–Trinajstić information content (AvgIpc) is 2.79. The highest BCUT2D eigenvalue weighted by atomic mass is 16.4. The molecular formula is C15H21N3O2. The molecule has 0 atom stereocenters. The summed E-state index contributed by atoms with van der Waals surface area (Å²) in [5.41, 5.74) is 1.47. The van der Waals surface area contributed by atoms with Gasteiger partial charge in [0, 0.05) is 6.20 Å². The number of rotatable bonds is 7. The van der Waals surface area contributed by atoms with Crippen molar-refractivity contribution in [3.8, 4) is 0 Å². The summed E-state index contributed by atoms with van der Waals surface area (Å²) in [4.78, 5) is 16.8. The fourth-order valence-corrected chi connectivity index (χ4v) is 2.62. The van der Waals surface area contributed by atoms with Crippen LogP contribution in [-0.4, -0.2) is 28.4 Å². The lowest BCUT2D eigenvalue weighted by atomic mass is 10.2. The van der Waals surface area contributed by atoms with Gasteiger partial charge in [0.2, 0.25) is 0 Å². The summed E-state index contributed by atoms with van der Waals surface area (Å²) in [5.74, 6) is -1.20. The molecule has 2 heterocycles. The summed E-state index contributed by atoms with van der Waals surface area (Å²) >= 11 is 0. The van der Waals surface area contributed by atoms with Crippen LogP contribution in [0.1, 0.15) is 42.9 Å². The van der Waals surface area contributed by atoms with Crippen LogP contribution in [0.3, 0.4) is 0 Å².